The molecular formula is C20H23N5O7S2. The smallest absolute Gasteiger partial charge is 0.352 e. The summed E-state index contributed by atoms with van der Waals surface area (Å²) in [5.41, 5.74) is 5.73. The molecule has 0 bridgehead atoms. The Labute approximate surface area is 202 Å². The second-order valence-corrected chi connectivity index (χ2v) is 9.10. The average Bonchev–Trinajstić information content (AvgIpc) is 3.24. The van der Waals surface area contributed by atoms with Gasteiger partial charge in [0.1, 0.15) is 22.8 Å². The van der Waals surface area contributed by atoms with Crippen LogP contribution in [0.2, 0.25) is 0 Å². The van der Waals surface area contributed by atoms with Gasteiger partial charge in [-0.3, -0.25) is 14.5 Å². The molecule has 2 amide bonds. The van der Waals surface area contributed by atoms with E-state index in [2.05, 4.69) is 22.0 Å². The molecule has 2 atom stereocenters. The largest absolute Gasteiger partial charge is 0.477 e. The molecular weight excluding hydrogens is 486 g/mol. The number of nitrogens with two attached hydrogens (primary N) is 1. The van der Waals surface area contributed by atoms with Gasteiger partial charge in [0.25, 0.3) is 11.8 Å². The van der Waals surface area contributed by atoms with Crippen molar-refractivity contribution in [1.82, 2.24) is 15.2 Å². The Kier molecular flexibility index (Phi) is 8.28. The lowest BCUT2D eigenvalue weighted by Crippen LogP contribution is -2.71. The van der Waals surface area contributed by atoms with Crippen molar-refractivity contribution in [2.24, 2.45) is 5.16 Å². The molecule has 0 aromatic carbocycles. The van der Waals surface area contributed by atoms with Crippen LogP contribution in [0.25, 0.3) is 0 Å². The molecule has 3 heterocycles. The third kappa shape index (κ3) is 5.39. The van der Waals surface area contributed by atoms with Crippen LogP contribution in [0.4, 0.5) is 5.13 Å². The number of carbonyl (C=O) groups excluding carboxylic acids is 3. The molecule has 0 radical (unpaired) electrons. The standard InChI is InChI=1S/C20H23N5O7S2/c1-3-5-6-31-12(26)7-32-24-13(11-9-34-20(21)22-11)16(27)23-14-17(28)25-15(19(29)30)10(4-2)8-33-18(14)25/h4,9,14,18H,2-3,5-8H2,1H3,(H2,21,22)(H,23,27)(H,29,30)/b24-13+/t14?,18-/m1/s1. The van der Waals surface area contributed by atoms with Gasteiger partial charge < -0.3 is 25.7 Å². The second kappa shape index (κ2) is 11.2. The fraction of sp³-hybridized carbons (Fsp3) is 0.400. The van der Waals surface area contributed by atoms with Gasteiger partial charge in [0.2, 0.25) is 6.61 Å². The lowest BCUT2D eigenvalue weighted by Gasteiger charge is -2.49. The zero-order valence-corrected chi connectivity index (χ0v) is 19.8. The number of carboxylic acid groups (broad SMARTS) is 1. The molecule has 1 aromatic rings. The number of hydrogen-bond donors (Lipinski definition) is 3. The summed E-state index contributed by atoms with van der Waals surface area (Å²) in [7, 11) is 0. The first kappa shape index (κ1) is 25.2. The van der Waals surface area contributed by atoms with Crippen molar-refractivity contribution < 1.29 is 33.9 Å². The summed E-state index contributed by atoms with van der Waals surface area (Å²) in [5.74, 6) is -2.96. The van der Waals surface area contributed by atoms with Crippen LogP contribution in [0.3, 0.4) is 0 Å². The number of amides is 2. The summed E-state index contributed by atoms with van der Waals surface area (Å²) in [6, 6.07) is -0.988. The molecule has 1 saturated heterocycles. The van der Waals surface area contributed by atoms with Crippen molar-refractivity contribution in [2.45, 2.75) is 31.2 Å². The highest BCUT2D eigenvalue weighted by Crippen LogP contribution is 2.40. The number of ether oxygens (including phenoxy) is 1. The third-order valence-electron chi connectivity index (χ3n) is 4.81. The van der Waals surface area contributed by atoms with Gasteiger partial charge in [-0.15, -0.1) is 23.1 Å². The minimum atomic E-state index is -1.25. The number of allylic oxidation sites excluding steroid dienone is 1. The summed E-state index contributed by atoms with van der Waals surface area (Å²) < 4.78 is 4.97. The molecule has 1 fully saturated rings. The Morgan fingerprint density at radius 2 is 2.24 bits per heavy atom. The number of thiazole rings is 1. The summed E-state index contributed by atoms with van der Waals surface area (Å²) in [6.45, 7) is 5.27. The van der Waals surface area contributed by atoms with Gasteiger partial charge >= 0.3 is 11.9 Å². The summed E-state index contributed by atoms with van der Waals surface area (Å²) in [6.07, 6.45) is 2.96. The molecule has 2 aliphatic rings. The Morgan fingerprint density at radius 1 is 1.47 bits per heavy atom. The number of β-lactam (4-membered cyclic amide) rings is 1. The number of thioether (sulfide) groups is 1. The predicted octanol–water partition coefficient (Wildman–Crippen LogP) is 0.714. The fourth-order valence-electron chi connectivity index (χ4n) is 3.13. The van der Waals surface area contributed by atoms with Gasteiger partial charge in [-0.1, -0.05) is 31.2 Å². The maximum absolute atomic E-state index is 13.0. The number of hydrogen-bond acceptors (Lipinski definition) is 11. The highest BCUT2D eigenvalue weighted by atomic mass is 32.2. The normalized spacial score (nSPS) is 19.7. The number of esters is 1. The van der Waals surface area contributed by atoms with Crippen LogP contribution in [-0.4, -0.2) is 74.8 Å². The van der Waals surface area contributed by atoms with E-state index in [1.54, 1.807) is 0 Å². The van der Waals surface area contributed by atoms with Crippen molar-refractivity contribution >= 4 is 57.7 Å². The Hall–Kier alpha value is -3.39. The summed E-state index contributed by atoms with van der Waals surface area (Å²) in [5, 5.41) is 16.8. The first-order chi connectivity index (χ1) is 16.3. The number of carbonyl (C=O) groups is 4. The number of aliphatic carboxylic acids is 1. The van der Waals surface area contributed by atoms with E-state index in [0.29, 0.717) is 17.7 Å². The van der Waals surface area contributed by atoms with Crippen LogP contribution in [0.5, 0.6) is 0 Å². The molecule has 0 aliphatic carbocycles. The number of carboxylic acids is 1. The van der Waals surface area contributed by atoms with E-state index in [1.807, 2.05) is 6.92 Å². The van der Waals surface area contributed by atoms with E-state index in [9.17, 15) is 24.3 Å². The van der Waals surface area contributed by atoms with Crippen molar-refractivity contribution in [2.75, 3.05) is 24.7 Å². The van der Waals surface area contributed by atoms with Crippen LogP contribution in [-0.2, 0) is 28.8 Å². The summed E-state index contributed by atoms with van der Waals surface area (Å²) in [4.78, 5) is 59.2. The SMILES string of the molecule is C=CC1=C(C(=O)O)N2C(=O)C(NC(=O)/C(=N/OCC(=O)OCCCC)c3csc(N)n3)[C@H]2SC1. The van der Waals surface area contributed by atoms with Gasteiger partial charge in [-0.25, -0.2) is 14.6 Å². The number of nitrogens with one attached hydrogen (secondary N) is 1. The van der Waals surface area contributed by atoms with E-state index in [-0.39, 0.29) is 28.8 Å². The molecule has 1 aromatic heterocycles. The molecule has 182 valence electrons. The van der Waals surface area contributed by atoms with E-state index < -0.39 is 41.8 Å². The fourth-order valence-corrected chi connectivity index (χ4v) is 5.02. The number of nitrogens with zero attached hydrogens (tertiary/aromatic N) is 3. The zero-order valence-electron chi connectivity index (χ0n) is 18.2. The van der Waals surface area contributed by atoms with E-state index >= 15 is 0 Å². The number of nitrogen functional groups attached to an aromatic ring is 1. The monoisotopic (exact) mass is 509 g/mol. The molecule has 34 heavy (non-hydrogen) atoms. The first-order valence-electron chi connectivity index (χ1n) is 10.2. The number of anilines is 1. The number of aromatic nitrogens is 1. The number of unbranched alkanes of at least 4 members (excludes halogenated alkanes) is 1. The average molecular weight is 510 g/mol. The maximum atomic E-state index is 13.0. The van der Waals surface area contributed by atoms with E-state index in [0.717, 1.165) is 22.7 Å². The van der Waals surface area contributed by atoms with Crippen LogP contribution in [0, 0.1) is 0 Å². The molecule has 0 saturated carbocycles. The Balaban J connectivity index is 1.71. The van der Waals surface area contributed by atoms with Gasteiger partial charge in [-0.05, 0) is 12.0 Å². The highest BCUT2D eigenvalue weighted by Gasteiger charge is 2.54. The minimum absolute atomic E-state index is 0.0966. The van der Waals surface area contributed by atoms with Crippen molar-refractivity contribution in [3.63, 3.8) is 0 Å². The topological polar surface area (TPSA) is 174 Å². The van der Waals surface area contributed by atoms with Crippen molar-refractivity contribution in [3.8, 4) is 0 Å². The number of fused-ring (bicyclic) bond motifs is 1. The van der Waals surface area contributed by atoms with Crippen LogP contribution in [0.15, 0.2) is 34.5 Å². The predicted molar refractivity (Wildman–Crippen MR) is 125 cm³/mol. The molecule has 3 rings (SSSR count). The van der Waals surface area contributed by atoms with E-state index in [1.165, 1.54) is 23.2 Å². The molecule has 1 unspecified atom stereocenters. The Bertz CT molecular complexity index is 1070. The van der Waals surface area contributed by atoms with Crippen molar-refractivity contribution in [1.29, 1.82) is 0 Å². The number of oxime groups is 1. The lowest BCUT2D eigenvalue weighted by atomic mass is 10.0. The Morgan fingerprint density at radius 3 is 2.85 bits per heavy atom. The maximum Gasteiger partial charge on any atom is 0.352 e. The minimum Gasteiger partial charge on any atom is -0.477 e. The lowest BCUT2D eigenvalue weighted by molar-refractivity contribution is -0.150. The quantitative estimate of drug-likeness (QED) is 0.127. The van der Waals surface area contributed by atoms with Crippen molar-refractivity contribution in [3.05, 3.63) is 35.0 Å². The van der Waals surface area contributed by atoms with Gasteiger partial charge in [0.15, 0.2) is 10.8 Å². The zero-order chi connectivity index (χ0) is 24.8. The molecule has 0 spiro atoms. The number of rotatable bonds is 11. The van der Waals surface area contributed by atoms with E-state index in [4.69, 9.17) is 15.3 Å². The first-order valence-corrected chi connectivity index (χ1v) is 12.1. The van der Waals surface area contributed by atoms with Gasteiger partial charge in [-0.2, -0.15) is 0 Å². The third-order valence-corrected chi connectivity index (χ3v) is 6.79. The van der Waals surface area contributed by atoms with Gasteiger partial charge in [0, 0.05) is 11.1 Å². The highest BCUT2D eigenvalue weighted by molar-refractivity contribution is 8.00. The van der Waals surface area contributed by atoms with Crippen LogP contribution < -0.4 is 11.1 Å². The molecule has 14 heteroatoms. The molecule has 2 aliphatic heterocycles. The van der Waals surface area contributed by atoms with Gasteiger partial charge in [0.05, 0.1) is 6.61 Å². The summed E-state index contributed by atoms with van der Waals surface area (Å²) >= 11 is 2.36. The second-order valence-electron chi connectivity index (χ2n) is 7.10. The molecule has 4 N–H and O–H groups in total. The van der Waals surface area contributed by atoms with Crippen LogP contribution >= 0.6 is 23.1 Å². The van der Waals surface area contributed by atoms with Crippen LogP contribution in [0.1, 0.15) is 25.5 Å². The molecule has 12 nitrogen and oxygen atoms in total.